The number of carbonyl (C=O) groups is 1. The zero-order chi connectivity index (χ0) is 12.9. The van der Waals surface area contributed by atoms with E-state index in [2.05, 4.69) is 15.9 Å². The number of fused-ring (bicyclic) bond motifs is 3. The monoisotopic (exact) mass is 358 g/mol. The molecule has 0 bridgehead atoms. The molecule has 3 rings (SSSR count). The summed E-state index contributed by atoms with van der Waals surface area (Å²) in [5.41, 5.74) is 0. The lowest BCUT2D eigenvalue weighted by molar-refractivity contribution is 0.108. The Balaban J connectivity index is 2.57. The van der Waals surface area contributed by atoms with E-state index in [1.807, 2.05) is 30.3 Å². The normalized spacial score (nSPS) is 11.3. The van der Waals surface area contributed by atoms with Gasteiger partial charge in [0.1, 0.15) is 4.88 Å². The molecular weight excluding hydrogens is 355 g/mol. The first-order valence-electron chi connectivity index (χ1n) is 5.08. The smallest absolute Gasteiger partial charge is 0.263 e. The molecule has 1 heterocycles. The fourth-order valence-corrected chi connectivity index (χ4v) is 4.44. The number of carbonyl (C=O) groups excluding carboxylic acids is 1. The van der Waals surface area contributed by atoms with E-state index in [4.69, 9.17) is 23.2 Å². The average Bonchev–Trinajstić information content (AvgIpc) is 2.67. The van der Waals surface area contributed by atoms with Crippen LogP contribution in [0.3, 0.4) is 0 Å². The lowest BCUT2D eigenvalue weighted by atomic mass is 10.1. The first-order chi connectivity index (χ1) is 8.59. The topological polar surface area (TPSA) is 17.1 Å². The van der Waals surface area contributed by atoms with Gasteiger partial charge in [0.2, 0.25) is 0 Å². The maximum absolute atomic E-state index is 11.3. The van der Waals surface area contributed by atoms with Crippen molar-refractivity contribution < 1.29 is 4.79 Å². The van der Waals surface area contributed by atoms with Gasteiger partial charge in [-0.25, -0.2) is 0 Å². The minimum Gasteiger partial charge on any atom is -0.275 e. The van der Waals surface area contributed by atoms with Crippen LogP contribution in [0.1, 0.15) is 9.67 Å². The Labute approximate surface area is 125 Å². The fraction of sp³-hybridized carbons (Fsp3) is 0. The van der Waals surface area contributed by atoms with Crippen molar-refractivity contribution in [3.63, 3.8) is 0 Å². The summed E-state index contributed by atoms with van der Waals surface area (Å²) >= 11 is 16.7. The quantitative estimate of drug-likeness (QED) is 0.498. The Morgan fingerprint density at radius 3 is 2.56 bits per heavy atom. The summed E-state index contributed by atoms with van der Waals surface area (Å²) in [6.45, 7) is 0. The van der Waals surface area contributed by atoms with E-state index in [0.717, 1.165) is 25.3 Å². The summed E-state index contributed by atoms with van der Waals surface area (Å²) in [5.74, 6) is 0. The lowest BCUT2D eigenvalue weighted by Crippen LogP contribution is -1.82. The van der Waals surface area contributed by atoms with Gasteiger partial charge in [0, 0.05) is 14.6 Å². The zero-order valence-corrected chi connectivity index (χ0v) is 12.8. The molecule has 18 heavy (non-hydrogen) atoms. The molecular formula is C13H5BrCl2OS. The van der Waals surface area contributed by atoms with Crippen molar-refractivity contribution in [2.75, 3.05) is 0 Å². The van der Waals surface area contributed by atoms with Crippen molar-refractivity contribution in [1.82, 2.24) is 0 Å². The van der Waals surface area contributed by atoms with Crippen molar-refractivity contribution in [3.05, 3.63) is 44.7 Å². The SMILES string of the molecule is O=C(Cl)c1sc2cc(Br)c3ccccc3c2c1Cl. The van der Waals surface area contributed by atoms with Gasteiger partial charge < -0.3 is 0 Å². The predicted molar refractivity (Wildman–Crippen MR) is 82.2 cm³/mol. The molecule has 1 aromatic heterocycles. The van der Waals surface area contributed by atoms with Gasteiger partial charge in [0.15, 0.2) is 0 Å². The van der Waals surface area contributed by atoms with Crippen molar-refractivity contribution in [2.45, 2.75) is 0 Å². The minimum atomic E-state index is -0.513. The molecule has 0 aliphatic rings. The molecule has 0 fully saturated rings. The number of hydrogen-bond acceptors (Lipinski definition) is 2. The highest BCUT2D eigenvalue weighted by atomic mass is 79.9. The lowest BCUT2D eigenvalue weighted by Gasteiger charge is -2.02. The van der Waals surface area contributed by atoms with Gasteiger partial charge in [-0.05, 0) is 28.4 Å². The second-order valence-electron chi connectivity index (χ2n) is 3.80. The van der Waals surface area contributed by atoms with E-state index in [1.165, 1.54) is 11.3 Å². The summed E-state index contributed by atoms with van der Waals surface area (Å²) in [5, 5.41) is 2.91. The Bertz CT molecular complexity index is 794. The molecule has 0 saturated carbocycles. The molecule has 0 amide bonds. The first-order valence-corrected chi connectivity index (χ1v) is 7.45. The van der Waals surface area contributed by atoms with Crippen molar-refractivity contribution in [1.29, 1.82) is 0 Å². The van der Waals surface area contributed by atoms with Crippen molar-refractivity contribution in [3.8, 4) is 0 Å². The summed E-state index contributed by atoms with van der Waals surface area (Å²) in [4.78, 5) is 11.7. The Morgan fingerprint density at radius 1 is 1.22 bits per heavy atom. The molecule has 0 aliphatic heterocycles. The van der Waals surface area contributed by atoms with Gasteiger partial charge in [-0.1, -0.05) is 51.8 Å². The van der Waals surface area contributed by atoms with Crippen LogP contribution >= 0.6 is 50.5 Å². The van der Waals surface area contributed by atoms with Crippen LogP contribution in [-0.2, 0) is 0 Å². The number of rotatable bonds is 1. The standard InChI is InChI=1S/C13H5BrCl2OS/c14-8-5-9-10(7-4-2-1-3-6(7)8)11(15)12(18-9)13(16)17/h1-5H. The third-order valence-electron chi connectivity index (χ3n) is 2.77. The number of thiophene rings is 1. The van der Waals surface area contributed by atoms with Gasteiger partial charge in [-0.3, -0.25) is 4.79 Å². The van der Waals surface area contributed by atoms with Gasteiger partial charge in [0.05, 0.1) is 5.02 Å². The average molecular weight is 360 g/mol. The largest absolute Gasteiger partial charge is 0.275 e. The molecule has 1 nitrogen and oxygen atoms in total. The van der Waals surface area contributed by atoms with E-state index in [0.29, 0.717) is 9.90 Å². The predicted octanol–water partition coefficient (Wildman–Crippen LogP) is 5.85. The van der Waals surface area contributed by atoms with E-state index in [1.54, 1.807) is 0 Å². The Kier molecular flexibility index (Phi) is 3.10. The fourth-order valence-electron chi connectivity index (χ4n) is 2.01. The maximum Gasteiger partial charge on any atom is 0.263 e. The van der Waals surface area contributed by atoms with Gasteiger partial charge in [-0.15, -0.1) is 11.3 Å². The summed E-state index contributed by atoms with van der Waals surface area (Å²) in [6.07, 6.45) is 0. The van der Waals surface area contributed by atoms with E-state index < -0.39 is 5.24 Å². The minimum absolute atomic E-state index is 0.400. The van der Waals surface area contributed by atoms with E-state index >= 15 is 0 Å². The van der Waals surface area contributed by atoms with Crippen LogP contribution in [0.15, 0.2) is 34.8 Å². The van der Waals surface area contributed by atoms with Gasteiger partial charge in [-0.2, -0.15) is 0 Å². The highest BCUT2D eigenvalue weighted by Crippen LogP contribution is 2.42. The van der Waals surface area contributed by atoms with Crippen molar-refractivity contribution in [2.24, 2.45) is 0 Å². The molecule has 0 N–H and O–H groups in total. The third kappa shape index (κ3) is 1.77. The third-order valence-corrected chi connectivity index (χ3v) is 5.35. The molecule has 5 heteroatoms. The van der Waals surface area contributed by atoms with Crippen LogP contribution in [0.4, 0.5) is 0 Å². The molecule has 0 spiro atoms. The van der Waals surface area contributed by atoms with Crippen LogP contribution < -0.4 is 0 Å². The first kappa shape index (κ1) is 12.4. The maximum atomic E-state index is 11.3. The van der Waals surface area contributed by atoms with Crippen LogP contribution in [0, 0.1) is 0 Å². The van der Waals surface area contributed by atoms with E-state index in [9.17, 15) is 4.79 Å². The summed E-state index contributed by atoms with van der Waals surface area (Å²) < 4.78 is 1.94. The second kappa shape index (κ2) is 4.49. The Hall–Kier alpha value is -0.610. The Morgan fingerprint density at radius 2 is 1.89 bits per heavy atom. The molecule has 3 aromatic rings. The summed E-state index contributed by atoms with van der Waals surface area (Å²) in [7, 11) is 0. The molecule has 0 aliphatic carbocycles. The highest BCUT2D eigenvalue weighted by molar-refractivity contribution is 9.10. The summed E-state index contributed by atoms with van der Waals surface area (Å²) in [6, 6.07) is 9.88. The molecule has 90 valence electrons. The highest BCUT2D eigenvalue weighted by Gasteiger charge is 2.18. The number of halogens is 3. The van der Waals surface area contributed by atoms with Crippen LogP contribution in [-0.4, -0.2) is 5.24 Å². The molecule has 0 atom stereocenters. The van der Waals surface area contributed by atoms with Crippen LogP contribution in [0.2, 0.25) is 5.02 Å². The molecule has 2 aromatic carbocycles. The second-order valence-corrected chi connectivity index (χ2v) is 6.42. The van der Waals surface area contributed by atoms with Crippen LogP contribution in [0.25, 0.3) is 20.9 Å². The molecule has 0 unspecified atom stereocenters. The zero-order valence-electron chi connectivity index (χ0n) is 8.84. The molecule has 0 radical (unpaired) electrons. The number of benzene rings is 2. The van der Waals surface area contributed by atoms with Crippen molar-refractivity contribution >= 4 is 76.6 Å². The van der Waals surface area contributed by atoms with E-state index in [-0.39, 0.29) is 0 Å². The van der Waals surface area contributed by atoms with Crippen LogP contribution in [0.5, 0.6) is 0 Å². The number of hydrogen-bond donors (Lipinski definition) is 0. The molecule has 0 saturated heterocycles. The van der Waals surface area contributed by atoms with Gasteiger partial charge >= 0.3 is 0 Å². The van der Waals surface area contributed by atoms with Gasteiger partial charge in [0.25, 0.3) is 5.24 Å².